The molecule has 2 atom stereocenters. The Morgan fingerprint density at radius 1 is 1.24 bits per heavy atom. The van der Waals surface area contributed by atoms with Crippen LogP contribution in [0, 0.1) is 12.3 Å². The average Bonchev–Trinajstić information content (AvgIpc) is 2.66. The van der Waals surface area contributed by atoms with Crippen LogP contribution in [0.5, 0.6) is 5.75 Å². The Morgan fingerprint density at radius 2 is 1.97 bits per heavy atom. The van der Waals surface area contributed by atoms with E-state index in [9.17, 15) is 18.3 Å². The van der Waals surface area contributed by atoms with Crippen LogP contribution in [0.4, 0.5) is 13.2 Å². The number of likely N-dealkylation sites (tertiary alicyclic amines) is 1. The molecule has 0 saturated carbocycles. The molecule has 0 unspecified atom stereocenters. The Kier molecular flexibility index (Phi) is 5.87. The van der Waals surface area contributed by atoms with Gasteiger partial charge in [-0.25, -0.2) is 0 Å². The van der Waals surface area contributed by atoms with Crippen LogP contribution in [0.1, 0.15) is 42.7 Å². The Labute approximate surface area is 168 Å². The monoisotopic (exact) mass is 409 g/mol. The predicted octanol–water partition coefficient (Wildman–Crippen LogP) is 4.24. The third-order valence-corrected chi connectivity index (χ3v) is 5.65. The van der Waals surface area contributed by atoms with E-state index in [1.165, 1.54) is 13.2 Å². The van der Waals surface area contributed by atoms with E-state index in [1.54, 1.807) is 13.0 Å². The van der Waals surface area contributed by atoms with E-state index < -0.39 is 17.8 Å². The lowest BCUT2D eigenvalue weighted by Crippen LogP contribution is -2.43. The summed E-state index contributed by atoms with van der Waals surface area (Å²) in [6.07, 6.45) is -3.35. The van der Waals surface area contributed by atoms with Crippen LogP contribution in [-0.2, 0) is 6.18 Å². The standard InChI is InChI=1S/C21H26F3N3O2/c1-13-10-16(19(28)20(2)8-5-9-27(3)12-20)25-26-18(13)15-7-6-14(21(22,23)24)11-17(15)29-4/h6-7,10-11,19,28H,5,8-9,12H2,1-4H3/t19-,20+/m0/s1. The maximum atomic E-state index is 13.0. The topological polar surface area (TPSA) is 58.5 Å². The molecule has 0 radical (unpaired) electrons. The molecule has 0 bridgehead atoms. The highest BCUT2D eigenvalue weighted by atomic mass is 19.4. The molecule has 0 aliphatic carbocycles. The molecule has 1 saturated heterocycles. The van der Waals surface area contributed by atoms with E-state index in [0.29, 0.717) is 22.5 Å². The third kappa shape index (κ3) is 4.38. The summed E-state index contributed by atoms with van der Waals surface area (Å²) in [7, 11) is 3.35. The number of hydrogen-bond donors (Lipinski definition) is 1. The van der Waals surface area contributed by atoms with Gasteiger partial charge in [0.25, 0.3) is 0 Å². The Hall–Kier alpha value is -2.19. The zero-order valence-electron chi connectivity index (χ0n) is 17.0. The second-order valence-corrected chi connectivity index (χ2v) is 8.11. The number of aliphatic hydroxyl groups is 1. The number of hydrogen-bond acceptors (Lipinski definition) is 5. The van der Waals surface area contributed by atoms with Gasteiger partial charge in [0.1, 0.15) is 11.9 Å². The highest BCUT2D eigenvalue weighted by Gasteiger charge is 2.38. The van der Waals surface area contributed by atoms with Crippen LogP contribution >= 0.6 is 0 Å². The maximum Gasteiger partial charge on any atom is 0.416 e. The fraction of sp³-hybridized carbons (Fsp3) is 0.524. The van der Waals surface area contributed by atoms with Crippen molar-refractivity contribution in [1.82, 2.24) is 15.1 Å². The first kappa shape index (κ1) is 21.5. The molecule has 5 nitrogen and oxygen atoms in total. The minimum atomic E-state index is -4.46. The highest BCUT2D eigenvalue weighted by Crippen LogP contribution is 2.41. The van der Waals surface area contributed by atoms with Gasteiger partial charge in [-0.2, -0.15) is 18.3 Å². The number of nitrogens with zero attached hydrogens (tertiary/aromatic N) is 3. The van der Waals surface area contributed by atoms with Gasteiger partial charge in [0.15, 0.2) is 0 Å². The molecule has 1 aromatic heterocycles. The van der Waals surface area contributed by atoms with Gasteiger partial charge in [0.05, 0.1) is 24.1 Å². The van der Waals surface area contributed by atoms with Crippen LogP contribution in [0.3, 0.4) is 0 Å². The number of rotatable bonds is 4. The minimum Gasteiger partial charge on any atom is -0.496 e. The number of halogens is 3. The SMILES string of the molecule is COc1cc(C(F)(F)F)ccc1-c1nnc([C@H](O)[C@]2(C)CCCN(C)C2)cc1C. The summed E-state index contributed by atoms with van der Waals surface area (Å²) in [5.74, 6) is 0.0754. The van der Waals surface area contributed by atoms with Gasteiger partial charge < -0.3 is 14.7 Å². The number of aliphatic hydroxyl groups excluding tert-OH is 1. The zero-order chi connectivity index (χ0) is 21.4. The molecule has 2 aromatic rings. The third-order valence-electron chi connectivity index (χ3n) is 5.65. The Bertz CT molecular complexity index is 888. The molecule has 1 aliphatic heterocycles. The molecule has 2 heterocycles. The summed E-state index contributed by atoms with van der Waals surface area (Å²) in [5, 5.41) is 19.4. The number of alkyl halides is 3. The molecule has 0 amide bonds. The minimum absolute atomic E-state index is 0.0754. The van der Waals surface area contributed by atoms with E-state index >= 15 is 0 Å². The summed E-state index contributed by atoms with van der Waals surface area (Å²) < 4.78 is 44.1. The van der Waals surface area contributed by atoms with Crippen LogP contribution in [-0.4, -0.2) is 47.5 Å². The van der Waals surface area contributed by atoms with Crippen LogP contribution in [0.2, 0.25) is 0 Å². The molecule has 158 valence electrons. The number of benzene rings is 1. The van der Waals surface area contributed by atoms with Crippen molar-refractivity contribution in [2.45, 2.75) is 39.0 Å². The molecule has 3 rings (SSSR count). The van der Waals surface area contributed by atoms with Gasteiger partial charge >= 0.3 is 6.18 Å². The summed E-state index contributed by atoms with van der Waals surface area (Å²) in [6.45, 7) is 5.59. The van der Waals surface area contributed by atoms with Crippen LogP contribution in [0.25, 0.3) is 11.3 Å². The van der Waals surface area contributed by atoms with Crippen LogP contribution in [0.15, 0.2) is 24.3 Å². The lowest BCUT2D eigenvalue weighted by atomic mass is 9.76. The molecule has 0 spiro atoms. The second-order valence-electron chi connectivity index (χ2n) is 8.11. The predicted molar refractivity (Wildman–Crippen MR) is 104 cm³/mol. The van der Waals surface area contributed by atoms with Gasteiger partial charge in [0, 0.05) is 17.5 Å². The molecule has 1 N–H and O–H groups in total. The zero-order valence-corrected chi connectivity index (χ0v) is 17.0. The number of aromatic nitrogens is 2. The second kappa shape index (κ2) is 7.91. The van der Waals surface area contributed by atoms with Crippen molar-refractivity contribution in [1.29, 1.82) is 0 Å². The van der Waals surface area contributed by atoms with Gasteiger partial charge in [-0.15, -0.1) is 5.10 Å². The normalized spacial score (nSPS) is 21.8. The van der Waals surface area contributed by atoms with E-state index in [0.717, 1.165) is 38.1 Å². The van der Waals surface area contributed by atoms with E-state index in [2.05, 4.69) is 15.1 Å². The number of ether oxygens (including phenoxy) is 1. The van der Waals surface area contributed by atoms with Crippen LogP contribution < -0.4 is 4.74 Å². The lowest BCUT2D eigenvalue weighted by molar-refractivity contribution is -0.137. The van der Waals surface area contributed by atoms with E-state index in [1.807, 2.05) is 14.0 Å². The van der Waals surface area contributed by atoms with Crippen molar-refractivity contribution in [2.24, 2.45) is 5.41 Å². The Morgan fingerprint density at radius 3 is 2.55 bits per heavy atom. The molecule has 8 heteroatoms. The smallest absolute Gasteiger partial charge is 0.416 e. The number of methoxy groups -OCH3 is 1. The molecule has 1 aliphatic rings. The number of piperidine rings is 1. The van der Waals surface area contributed by atoms with Crippen molar-refractivity contribution >= 4 is 0 Å². The summed E-state index contributed by atoms with van der Waals surface area (Å²) in [4.78, 5) is 2.19. The maximum absolute atomic E-state index is 13.0. The quantitative estimate of drug-likeness (QED) is 0.818. The lowest BCUT2D eigenvalue weighted by Gasteiger charge is -2.41. The van der Waals surface area contributed by atoms with Crippen molar-refractivity contribution in [2.75, 3.05) is 27.2 Å². The van der Waals surface area contributed by atoms with Crippen molar-refractivity contribution in [3.05, 3.63) is 41.1 Å². The van der Waals surface area contributed by atoms with E-state index in [4.69, 9.17) is 4.74 Å². The first-order valence-corrected chi connectivity index (χ1v) is 9.51. The first-order valence-electron chi connectivity index (χ1n) is 9.51. The first-order chi connectivity index (χ1) is 13.5. The highest BCUT2D eigenvalue weighted by molar-refractivity contribution is 5.70. The van der Waals surface area contributed by atoms with Crippen molar-refractivity contribution in [3.63, 3.8) is 0 Å². The van der Waals surface area contributed by atoms with E-state index in [-0.39, 0.29) is 11.2 Å². The van der Waals surface area contributed by atoms with Gasteiger partial charge in [0.2, 0.25) is 0 Å². The molecule has 29 heavy (non-hydrogen) atoms. The average molecular weight is 409 g/mol. The largest absolute Gasteiger partial charge is 0.496 e. The van der Waals surface area contributed by atoms with Gasteiger partial charge in [-0.3, -0.25) is 0 Å². The molecule has 1 aromatic carbocycles. The van der Waals surface area contributed by atoms with Crippen molar-refractivity contribution < 1.29 is 23.0 Å². The summed E-state index contributed by atoms with van der Waals surface area (Å²) in [5.41, 5.74) is 0.911. The van der Waals surface area contributed by atoms with Gasteiger partial charge in [-0.05, 0) is 63.2 Å². The number of aryl methyl sites for hydroxylation is 1. The summed E-state index contributed by atoms with van der Waals surface area (Å²) >= 11 is 0. The molecular weight excluding hydrogens is 383 g/mol. The Balaban J connectivity index is 1.94. The fourth-order valence-corrected chi connectivity index (χ4v) is 4.08. The fourth-order valence-electron chi connectivity index (χ4n) is 4.08. The molecule has 1 fully saturated rings. The summed E-state index contributed by atoms with van der Waals surface area (Å²) in [6, 6.07) is 5.05. The molecular formula is C21H26F3N3O2. The van der Waals surface area contributed by atoms with Crippen molar-refractivity contribution in [3.8, 4) is 17.0 Å². The van der Waals surface area contributed by atoms with Gasteiger partial charge in [-0.1, -0.05) is 6.92 Å².